The summed E-state index contributed by atoms with van der Waals surface area (Å²) in [6.07, 6.45) is 0. The summed E-state index contributed by atoms with van der Waals surface area (Å²) >= 11 is 0. The highest BCUT2D eigenvalue weighted by Gasteiger charge is 2.36. The first-order chi connectivity index (χ1) is 30.4. The molecular formula is C39H10F15N9O. The highest BCUT2D eigenvalue weighted by atomic mass is 19.2. The smallest absolute Gasteiger partial charge is 0.198 e. The highest BCUT2D eigenvalue weighted by molar-refractivity contribution is 6.13. The minimum Gasteiger partial charge on any atom is -0.497 e. The van der Waals surface area contributed by atoms with E-state index >= 15 is 39.6 Å². The summed E-state index contributed by atoms with van der Waals surface area (Å²) in [5.74, 6) is -37.5. The Labute approximate surface area is 341 Å². The molecule has 0 spiro atoms. The topological polar surface area (TPSA) is 119 Å². The number of fused-ring (bicyclic) bond motifs is 20. The number of hydrogen-bond donors (Lipinski definition) is 2. The Morgan fingerprint density at radius 3 is 1.58 bits per heavy atom. The van der Waals surface area contributed by atoms with E-state index in [1.807, 2.05) is 0 Å². The number of aromatic nitrogens is 8. The van der Waals surface area contributed by atoms with Crippen LogP contribution < -0.4 is 10.1 Å². The third-order valence-corrected chi connectivity index (χ3v) is 10.1. The molecule has 322 valence electrons. The fourth-order valence-corrected chi connectivity index (χ4v) is 7.25. The summed E-state index contributed by atoms with van der Waals surface area (Å²) in [5, 5.41) is -2.92. The van der Waals surface area contributed by atoms with Crippen LogP contribution in [0.2, 0.25) is 0 Å². The van der Waals surface area contributed by atoms with Crippen molar-refractivity contribution in [1.29, 1.82) is 0 Å². The number of methoxy groups -OCH3 is 1. The van der Waals surface area contributed by atoms with Gasteiger partial charge in [-0.25, -0.2) is 91.4 Å². The molecule has 2 aliphatic rings. The van der Waals surface area contributed by atoms with Gasteiger partial charge in [0.15, 0.2) is 116 Å². The molecule has 8 aromatic rings. The minimum absolute atomic E-state index is 0.0956. The fraction of sp³-hybridized carbons (Fsp3) is 0.0256. The van der Waals surface area contributed by atoms with Crippen molar-refractivity contribution < 1.29 is 70.7 Å². The van der Waals surface area contributed by atoms with Gasteiger partial charge in [0.05, 0.1) is 51.0 Å². The first-order valence-corrected chi connectivity index (χ1v) is 17.5. The normalized spacial score (nSPS) is 12.1. The Balaban J connectivity index is 1.49. The monoisotopic (exact) mass is 905 g/mol. The molecule has 8 bridgehead atoms. The standard InChI is InChI=1S/C39H10F15N9O/c1-64-8-4-2-3-7(5-8)55-31-17-14(22(45)29(52)30(31)53)35-57-32-9-6-10(40)18(41)19(42)11(9)33(56-32)61-38-15-16(24(47)28(51)27(50)23(15)46)39(63(38)54)62-36-13-12(34(58-36)59-37(17)60-35)20(43)25(48)26(49)21(13)44/h2-6,55H,1H3,(H,56,57,58,59,60,61,62). The van der Waals surface area contributed by atoms with E-state index in [0.29, 0.717) is 0 Å². The number of halogens is 15. The molecule has 0 saturated carbocycles. The Morgan fingerprint density at radius 1 is 0.484 bits per heavy atom. The van der Waals surface area contributed by atoms with Gasteiger partial charge in [-0.15, -0.1) is 4.79 Å². The van der Waals surface area contributed by atoms with Gasteiger partial charge in [-0.1, -0.05) is 10.5 Å². The van der Waals surface area contributed by atoms with Gasteiger partial charge in [0.1, 0.15) is 17.0 Å². The Hall–Kier alpha value is -7.99. The van der Waals surface area contributed by atoms with Crippen LogP contribution in [-0.2, 0) is 0 Å². The molecule has 0 amide bonds. The quantitative estimate of drug-likeness (QED) is 0.102. The predicted molar refractivity (Wildman–Crippen MR) is 192 cm³/mol. The van der Waals surface area contributed by atoms with Gasteiger partial charge < -0.3 is 15.0 Å². The first-order valence-electron chi connectivity index (χ1n) is 17.5. The van der Waals surface area contributed by atoms with Crippen LogP contribution in [0.5, 0.6) is 5.75 Å². The zero-order chi connectivity index (χ0) is 45.5. The average molecular weight is 906 g/mol. The lowest BCUT2D eigenvalue weighted by Gasteiger charge is -2.12. The highest BCUT2D eigenvalue weighted by Crippen LogP contribution is 2.45. The van der Waals surface area contributed by atoms with Gasteiger partial charge in [-0.3, -0.25) is 0 Å². The van der Waals surface area contributed by atoms with Gasteiger partial charge in [0.2, 0.25) is 0 Å². The molecule has 2 N–H and O–H groups in total. The molecule has 0 radical (unpaired) electrons. The van der Waals surface area contributed by atoms with Crippen molar-refractivity contribution >= 4 is 55.5 Å². The van der Waals surface area contributed by atoms with E-state index in [2.05, 4.69) is 40.2 Å². The molecule has 0 fully saturated rings. The minimum atomic E-state index is -2.61. The molecule has 0 saturated heterocycles. The zero-order valence-corrected chi connectivity index (χ0v) is 30.6. The number of nitrogens with one attached hydrogen (secondary N) is 2. The van der Waals surface area contributed by atoms with Crippen molar-refractivity contribution in [3.63, 3.8) is 0 Å². The van der Waals surface area contributed by atoms with E-state index in [4.69, 9.17) is 4.74 Å². The lowest BCUT2D eigenvalue weighted by atomic mass is 10.1. The van der Waals surface area contributed by atoms with E-state index in [1.165, 1.54) is 31.4 Å². The number of hydrogen-bond acceptors (Lipinski definition) is 8. The lowest BCUT2D eigenvalue weighted by Crippen LogP contribution is -2.02. The summed E-state index contributed by atoms with van der Waals surface area (Å²) in [6, 6.07) is 5.53. The lowest BCUT2D eigenvalue weighted by molar-refractivity contribution is 0.398. The van der Waals surface area contributed by atoms with Crippen LogP contribution in [0, 0.1) is 81.4 Å². The second kappa shape index (κ2) is 13.8. The number of nitrogens with zero attached hydrogens (tertiary/aromatic N) is 7. The van der Waals surface area contributed by atoms with Crippen molar-refractivity contribution in [3.8, 4) is 51.3 Å². The maximum atomic E-state index is 16.6. The van der Waals surface area contributed by atoms with Crippen molar-refractivity contribution in [2.45, 2.75) is 0 Å². The van der Waals surface area contributed by atoms with Crippen LogP contribution in [0.1, 0.15) is 0 Å². The Morgan fingerprint density at radius 2 is 0.969 bits per heavy atom. The van der Waals surface area contributed by atoms with Crippen molar-refractivity contribution in [1.82, 2.24) is 39.7 Å². The van der Waals surface area contributed by atoms with Crippen LogP contribution in [0.3, 0.4) is 0 Å². The molecule has 2 aliphatic heterocycles. The SMILES string of the molecule is COc1cccc(Nc2c(F)c(F)c(F)c3c4nc5nc(nc6c7c(F)c(F)c(F)c(F)c7c(nc7nc(nc([nH]4)c23)-c2c(F)c(F)c(F)c(F)c2-7)n6F)-c2c-5cc(F)c(F)c2F)c1. The van der Waals surface area contributed by atoms with E-state index in [1.54, 1.807) is 0 Å². The molecule has 5 aromatic carbocycles. The summed E-state index contributed by atoms with van der Waals surface area (Å²) < 4.78 is 237. The van der Waals surface area contributed by atoms with Crippen molar-refractivity contribution in [2.24, 2.45) is 0 Å². The molecule has 5 heterocycles. The zero-order valence-electron chi connectivity index (χ0n) is 30.6. The number of aromatic amines is 1. The van der Waals surface area contributed by atoms with Gasteiger partial charge in [-0.2, -0.15) is 0 Å². The second-order valence-corrected chi connectivity index (χ2v) is 13.6. The van der Waals surface area contributed by atoms with E-state index < -0.39 is 182 Å². The van der Waals surface area contributed by atoms with E-state index in [-0.39, 0.29) is 17.5 Å². The van der Waals surface area contributed by atoms with Gasteiger partial charge in [-0.05, 0) is 18.2 Å². The molecule has 0 atom stereocenters. The Bertz CT molecular complexity index is 3670. The molecule has 0 unspecified atom stereocenters. The molecule has 10 nitrogen and oxygen atoms in total. The van der Waals surface area contributed by atoms with Crippen LogP contribution in [0.25, 0.3) is 89.7 Å². The Kier molecular flexibility index (Phi) is 8.62. The predicted octanol–water partition coefficient (Wildman–Crippen LogP) is 10.8. The third-order valence-electron chi connectivity index (χ3n) is 10.1. The molecular weight excluding hydrogens is 895 g/mol. The maximum Gasteiger partial charge on any atom is 0.198 e. The van der Waals surface area contributed by atoms with Crippen LogP contribution in [-0.4, -0.2) is 46.8 Å². The number of ether oxygens (including phenoxy) is 1. The molecule has 10 rings (SSSR count). The maximum absolute atomic E-state index is 16.6. The van der Waals surface area contributed by atoms with Gasteiger partial charge >= 0.3 is 0 Å². The molecule has 64 heavy (non-hydrogen) atoms. The van der Waals surface area contributed by atoms with Crippen LogP contribution >= 0.6 is 0 Å². The third kappa shape index (κ3) is 5.38. The second-order valence-electron chi connectivity index (χ2n) is 13.6. The van der Waals surface area contributed by atoms with Crippen molar-refractivity contribution in [2.75, 3.05) is 12.4 Å². The first kappa shape index (κ1) is 40.1. The average Bonchev–Trinajstić information content (AvgIpc) is 4.00. The molecule has 0 aliphatic carbocycles. The number of H-pyrrole nitrogens is 1. The van der Waals surface area contributed by atoms with E-state index in [9.17, 15) is 26.3 Å². The number of rotatable bonds is 3. The van der Waals surface area contributed by atoms with Gasteiger partial charge in [0.25, 0.3) is 0 Å². The number of anilines is 2. The summed E-state index contributed by atoms with van der Waals surface area (Å²) in [4.78, 5) is 23.8. The molecule has 3 aromatic heterocycles. The van der Waals surface area contributed by atoms with Gasteiger partial charge in [0, 0.05) is 17.3 Å². The van der Waals surface area contributed by atoms with Crippen molar-refractivity contribution in [3.05, 3.63) is 112 Å². The molecule has 25 heteroatoms. The van der Waals surface area contributed by atoms with E-state index in [0.717, 1.165) is 0 Å². The van der Waals surface area contributed by atoms with Crippen LogP contribution in [0.15, 0.2) is 30.3 Å². The van der Waals surface area contributed by atoms with Crippen LogP contribution in [0.4, 0.5) is 77.3 Å². The summed E-state index contributed by atoms with van der Waals surface area (Å²) in [5.41, 5.74) is -11.8. The number of benzene rings is 5. The largest absolute Gasteiger partial charge is 0.497 e. The fourth-order valence-electron chi connectivity index (χ4n) is 7.25. The summed E-state index contributed by atoms with van der Waals surface area (Å²) in [6.45, 7) is 0. The summed E-state index contributed by atoms with van der Waals surface area (Å²) in [7, 11) is 1.24.